The number of amides is 3. The summed E-state index contributed by atoms with van der Waals surface area (Å²) in [7, 11) is 0. The molecule has 0 radical (unpaired) electrons. The van der Waals surface area contributed by atoms with Gasteiger partial charge in [-0.1, -0.05) is 18.3 Å². The third-order valence-electron chi connectivity index (χ3n) is 5.13. The molecule has 144 valence electrons. The minimum atomic E-state index is -0.805. The number of carbonyl (C=O) groups is 2. The first-order valence-corrected chi connectivity index (χ1v) is 10.5. The van der Waals surface area contributed by atoms with Crippen LogP contribution in [0, 0.1) is 6.92 Å². The van der Waals surface area contributed by atoms with Crippen LogP contribution in [-0.4, -0.2) is 50.6 Å². The number of aryl methyl sites for hydroxylation is 1. The van der Waals surface area contributed by atoms with E-state index in [1.165, 1.54) is 29.1 Å². The summed E-state index contributed by atoms with van der Waals surface area (Å²) in [6.45, 7) is 4.18. The van der Waals surface area contributed by atoms with E-state index in [2.05, 4.69) is 17.2 Å². The van der Waals surface area contributed by atoms with Gasteiger partial charge in [0.05, 0.1) is 27.4 Å². The van der Waals surface area contributed by atoms with Gasteiger partial charge in [-0.2, -0.15) is 0 Å². The number of thiazole rings is 2. The summed E-state index contributed by atoms with van der Waals surface area (Å²) in [6, 6.07) is -1.29. The van der Waals surface area contributed by atoms with Crippen molar-refractivity contribution >= 4 is 39.7 Å². The predicted octanol–water partition coefficient (Wildman–Crippen LogP) is 2.08. The van der Waals surface area contributed by atoms with Crippen molar-refractivity contribution in [3.63, 3.8) is 0 Å². The molecule has 2 aromatic heterocycles. The SMILES string of the molecule is Cc1nc(NC(=O)N2C[C@@H](O)C[C@H]2C(N)=O)sc1-c1csc(C2(C)CC2)n1. The average Bonchev–Trinajstić information content (AvgIpc) is 2.98. The largest absolute Gasteiger partial charge is 0.391 e. The molecule has 2 aliphatic rings. The van der Waals surface area contributed by atoms with Crippen LogP contribution >= 0.6 is 22.7 Å². The Balaban J connectivity index is 1.51. The first-order valence-electron chi connectivity index (χ1n) is 8.75. The molecule has 3 amide bonds. The molecule has 2 atom stereocenters. The van der Waals surface area contributed by atoms with Gasteiger partial charge >= 0.3 is 6.03 Å². The highest BCUT2D eigenvalue weighted by atomic mass is 32.1. The highest BCUT2D eigenvalue weighted by molar-refractivity contribution is 7.19. The van der Waals surface area contributed by atoms with Gasteiger partial charge in [0, 0.05) is 23.8 Å². The van der Waals surface area contributed by atoms with Crippen LogP contribution in [0.15, 0.2) is 5.38 Å². The fourth-order valence-corrected chi connectivity index (χ4v) is 5.24. The van der Waals surface area contributed by atoms with Crippen molar-refractivity contribution in [1.29, 1.82) is 0 Å². The second kappa shape index (κ2) is 6.54. The molecular weight excluding hydrogens is 386 g/mol. The number of aliphatic hydroxyl groups excluding tert-OH is 1. The van der Waals surface area contributed by atoms with E-state index in [-0.39, 0.29) is 18.4 Å². The fraction of sp³-hybridized carbons (Fsp3) is 0.529. The maximum Gasteiger partial charge on any atom is 0.324 e. The van der Waals surface area contributed by atoms with Gasteiger partial charge < -0.3 is 15.7 Å². The van der Waals surface area contributed by atoms with Crippen LogP contribution in [0.5, 0.6) is 0 Å². The number of anilines is 1. The summed E-state index contributed by atoms with van der Waals surface area (Å²) in [5, 5.41) is 16.1. The van der Waals surface area contributed by atoms with Crippen molar-refractivity contribution in [3.05, 3.63) is 16.1 Å². The summed E-state index contributed by atoms with van der Waals surface area (Å²) in [6.07, 6.45) is 1.75. The standard InChI is InChI=1S/C17H21N5O3S2/c1-8-12(10-7-26-14(20-10)17(2)3-4-17)27-15(19-8)21-16(25)22-6-9(23)5-11(22)13(18)24/h7,9,11,23H,3-6H2,1-2H3,(H2,18,24)(H,19,21,25)/t9-,11-/m0/s1. The van der Waals surface area contributed by atoms with Crippen molar-refractivity contribution in [2.45, 2.75) is 50.7 Å². The monoisotopic (exact) mass is 407 g/mol. The van der Waals surface area contributed by atoms with E-state index in [0.717, 1.165) is 21.3 Å². The highest BCUT2D eigenvalue weighted by Crippen LogP contribution is 2.49. The Morgan fingerprint density at radius 1 is 1.41 bits per heavy atom. The van der Waals surface area contributed by atoms with Crippen LogP contribution < -0.4 is 11.1 Å². The van der Waals surface area contributed by atoms with Crippen LogP contribution in [0.25, 0.3) is 10.6 Å². The number of hydrogen-bond acceptors (Lipinski definition) is 7. The quantitative estimate of drug-likeness (QED) is 0.716. The topological polar surface area (TPSA) is 121 Å². The van der Waals surface area contributed by atoms with Crippen molar-refractivity contribution in [3.8, 4) is 10.6 Å². The molecule has 1 saturated carbocycles. The molecule has 2 fully saturated rings. The Kier molecular flexibility index (Phi) is 4.44. The predicted molar refractivity (Wildman–Crippen MR) is 104 cm³/mol. The number of rotatable bonds is 4. The van der Waals surface area contributed by atoms with Gasteiger partial charge in [-0.25, -0.2) is 14.8 Å². The maximum atomic E-state index is 12.5. The van der Waals surface area contributed by atoms with Crippen molar-refractivity contribution < 1.29 is 14.7 Å². The third kappa shape index (κ3) is 3.44. The number of aliphatic hydroxyl groups is 1. The molecule has 2 aromatic rings. The summed E-state index contributed by atoms with van der Waals surface area (Å²) in [5.41, 5.74) is 7.23. The van der Waals surface area contributed by atoms with Gasteiger partial charge in [-0.15, -0.1) is 11.3 Å². The molecule has 0 unspecified atom stereocenters. The zero-order valence-electron chi connectivity index (χ0n) is 15.1. The number of nitrogens with zero attached hydrogens (tertiary/aromatic N) is 3. The zero-order chi connectivity index (χ0) is 19.3. The Morgan fingerprint density at radius 2 is 2.15 bits per heavy atom. The van der Waals surface area contributed by atoms with E-state index in [1.807, 2.05) is 12.3 Å². The number of aromatic nitrogens is 2. The van der Waals surface area contributed by atoms with Crippen LogP contribution in [0.2, 0.25) is 0 Å². The first-order chi connectivity index (χ1) is 12.8. The lowest BCUT2D eigenvalue weighted by Gasteiger charge is -2.21. The molecule has 1 saturated heterocycles. The van der Waals surface area contributed by atoms with Crippen LogP contribution in [0.4, 0.5) is 9.93 Å². The molecule has 1 aliphatic carbocycles. The van der Waals surface area contributed by atoms with E-state index in [4.69, 9.17) is 10.7 Å². The number of nitrogens with two attached hydrogens (primary N) is 1. The molecule has 0 bridgehead atoms. The Morgan fingerprint density at radius 3 is 2.81 bits per heavy atom. The molecule has 4 N–H and O–H groups in total. The van der Waals surface area contributed by atoms with Crippen LogP contribution in [0.1, 0.15) is 36.9 Å². The maximum absolute atomic E-state index is 12.5. The normalized spacial score (nSPS) is 23.4. The lowest BCUT2D eigenvalue weighted by atomic mass is 10.2. The van der Waals surface area contributed by atoms with Gasteiger partial charge in [0.15, 0.2) is 5.13 Å². The smallest absolute Gasteiger partial charge is 0.324 e. The molecule has 0 aromatic carbocycles. The second-order valence-corrected chi connectivity index (χ2v) is 9.28. The molecule has 3 heterocycles. The van der Waals surface area contributed by atoms with Crippen LogP contribution in [0.3, 0.4) is 0 Å². The lowest BCUT2D eigenvalue weighted by molar-refractivity contribution is -0.121. The van der Waals surface area contributed by atoms with Gasteiger partial charge in [0.25, 0.3) is 0 Å². The van der Waals surface area contributed by atoms with Gasteiger partial charge in [0.2, 0.25) is 5.91 Å². The van der Waals surface area contributed by atoms with E-state index in [9.17, 15) is 14.7 Å². The minimum Gasteiger partial charge on any atom is -0.391 e. The van der Waals surface area contributed by atoms with E-state index >= 15 is 0 Å². The summed E-state index contributed by atoms with van der Waals surface area (Å²) in [4.78, 5) is 35.4. The second-order valence-electron chi connectivity index (χ2n) is 7.42. The van der Waals surface area contributed by atoms with Crippen molar-refractivity contribution in [1.82, 2.24) is 14.9 Å². The number of carbonyl (C=O) groups excluding carboxylic acids is 2. The molecule has 27 heavy (non-hydrogen) atoms. The Labute approximate surface area is 164 Å². The van der Waals surface area contributed by atoms with Crippen molar-refractivity contribution in [2.24, 2.45) is 5.73 Å². The number of primary amides is 1. The third-order valence-corrected chi connectivity index (χ3v) is 7.38. The Bertz CT molecular complexity index is 904. The van der Waals surface area contributed by atoms with Crippen molar-refractivity contribution in [2.75, 3.05) is 11.9 Å². The summed E-state index contributed by atoms with van der Waals surface area (Å²) >= 11 is 3.01. The molecule has 10 heteroatoms. The number of hydrogen-bond donors (Lipinski definition) is 3. The number of likely N-dealkylation sites (tertiary alicyclic amines) is 1. The van der Waals surface area contributed by atoms with Gasteiger partial charge in [0.1, 0.15) is 6.04 Å². The molecule has 8 nitrogen and oxygen atoms in total. The van der Waals surface area contributed by atoms with Gasteiger partial charge in [-0.3, -0.25) is 10.1 Å². The molecule has 1 aliphatic heterocycles. The summed E-state index contributed by atoms with van der Waals surface area (Å²) in [5.74, 6) is -0.624. The first kappa shape index (κ1) is 18.3. The van der Waals surface area contributed by atoms with Gasteiger partial charge in [-0.05, 0) is 19.8 Å². The van der Waals surface area contributed by atoms with Crippen LogP contribution in [-0.2, 0) is 10.2 Å². The Hall–Kier alpha value is -2.04. The van der Waals surface area contributed by atoms with E-state index in [0.29, 0.717) is 5.13 Å². The van der Waals surface area contributed by atoms with E-state index in [1.54, 1.807) is 11.3 Å². The average molecular weight is 408 g/mol. The zero-order valence-corrected chi connectivity index (χ0v) is 16.7. The molecule has 0 spiro atoms. The fourth-order valence-electron chi connectivity index (χ4n) is 3.22. The number of nitrogens with one attached hydrogen (secondary N) is 1. The highest BCUT2D eigenvalue weighted by Gasteiger charge is 2.42. The number of β-amino-alcohol motifs (C(OH)–C–C–N with tert-alkyl or cyclic N) is 1. The van der Waals surface area contributed by atoms with E-state index < -0.39 is 24.1 Å². The molecule has 4 rings (SSSR count). The lowest BCUT2D eigenvalue weighted by Crippen LogP contribution is -2.45. The summed E-state index contributed by atoms with van der Waals surface area (Å²) < 4.78 is 0. The minimum absolute atomic E-state index is 0.0741. The molecular formula is C17H21N5O3S2. The number of urea groups is 1.